The van der Waals surface area contributed by atoms with Gasteiger partial charge in [-0.3, -0.25) is 10.3 Å². The molecule has 4 nitrogen and oxygen atoms in total. The first kappa shape index (κ1) is 17.9. The molecule has 3 atom stereocenters. The number of aromatic nitrogens is 1. The lowest BCUT2D eigenvalue weighted by Crippen LogP contribution is -2.55. The summed E-state index contributed by atoms with van der Waals surface area (Å²) in [6.45, 7) is 2.38. The second-order valence-corrected chi connectivity index (χ2v) is 7.90. The molecule has 138 valence electrons. The van der Waals surface area contributed by atoms with E-state index >= 15 is 0 Å². The van der Waals surface area contributed by atoms with Crippen molar-refractivity contribution in [1.82, 2.24) is 10.3 Å². The van der Waals surface area contributed by atoms with Crippen LogP contribution in [0.4, 0.5) is 4.39 Å². The smallest absolute Gasteiger partial charge is 0.129 e. The van der Waals surface area contributed by atoms with Gasteiger partial charge in [-0.15, -0.1) is 0 Å². The maximum atomic E-state index is 14.5. The number of nitrogens with one attached hydrogen (secondary N) is 1. The summed E-state index contributed by atoms with van der Waals surface area (Å²) in [5.74, 6) is 0.0210. The molecule has 2 unspecified atom stereocenters. The zero-order valence-corrected chi connectivity index (χ0v) is 15.4. The lowest BCUT2D eigenvalue weighted by atomic mass is 9.87. The summed E-state index contributed by atoms with van der Waals surface area (Å²) < 4.78 is 20.0. The lowest BCUT2D eigenvalue weighted by Gasteiger charge is -2.38. The van der Waals surface area contributed by atoms with Crippen LogP contribution in [0.5, 0.6) is 0 Å². The quantitative estimate of drug-likeness (QED) is 0.863. The molecule has 2 aliphatic rings. The second kappa shape index (κ2) is 6.89. The largest absolute Gasteiger partial charge is 0.376 e. The van der Waals surface area contributed by atoms with Gasteiger partial charge in [0.1, 0.15) is 12.0 Å². The average Bonchev–Trinajstić information content (AvgIpc) is 2.98. The van der Waals surface area contributed by atoms with E-state index in [1.165, 1.54) is 11.6 Å². The van der Waals surface area contributed by atoms with Gasteiger partial charge in [-0.05, 0) is 49.4 Å². The summed E-state index contributed by atoms with van der Waals surface area (Å²) in [7, 11) is 0. The van der Waals surface area contributed by atoms with E-state index < -0.39 is 11.8 Å². The third kappa shape index (κ3) is 3.37. The van der Waals surface area contributed by atoms with Crippen LogP contribution in [-0.4, -0.2) is 29.5 Å². The number of aliphatic hydroxyl groups excluding tert-OH is 1. The van der Waals surface area contributed by atoms with E-state index in [2.05, 4.69) is 10.3 Å². The molecule has 0 spiro atoms. The molecule has 1 saturated heterocycles. The van der Waals surface area contributed by atoms with E-state index in [9.17, 15) is 9.50 Å². The molecular weight excluding hydrogens is 355 g/mol. The fourth-order valence-electron chi connectivity index (χ4n) is 4.11. The monoisotopic (exact) mass is 376 g/mol. The first-order valence-corrected chi connectivity index (χ1v) is 9.29. The van der Waals surface area contributed by atoms with Gasteiger partial charge in [0.2, 0.25) is 0 Å². The molecule has 0 saturated carbocycles. The van der Waals surface area contributed by atoms with Crippen LogP contribution >= 0.6 is 11.6 Å². The highest BCUT2D eigenvalue weighted by atomic mass is 35.5. The maximum Gasteiger partial charge on any atom is 0.129 e. The van der Waals surface area contributed by atoms with Crippen LogP contribution in [-0.2, 0) is 23.1 Å². The minimum absolute atomic E-state index is 0.212. The van der Waals surface area contributed by atoms with Crippen molar-refractivity contribution in [1.29, 1.82) is 0 Å². The SMILES string of the molecule is C[C@@]1(c2cc(CC3CCc4cc(Cl)cnc43)ccc2F)COCC(O)N1. The number of aliphatic hydroxyl groups is 1. The minimum Gasteiger partial charge on any atom is -0.376 e. The number of morpholine rings is 1. The van der Waals surface area contributed by atoms with Gasteiger partial charge in [0.05, 0.1) is 23.8 Å². The van der Waals surface area contributed by atoms with E-state index in [1.54, 1.807) is 6.20 Å². The number of benzene rings is 1. The van der Waals surface area contributed by atoms with Gasteiger partial charge >= 0.3 is 0 Å². The Labute approximate surface area is 157 Å². The van der Waals surface area contributed by atoms with Crippen molar-refractivity contribution in [2.45, 2.75) is 43.9 Å². The van der Waals surface area contributed by atoms with E-state index in [-0.39, 0.29) is 12.4 Å². The number of rotatable bonds is 3. The van der Waals surface area contributed by atoms with Gasteiger partial charge in [0, 0.05) is 23.4 Å². The summed E-state index contributed by atoms with van der Waals surface area (Å²) in [6, 6.07) is 7.21. The molecule has 1 aliphatic heterocycles. The topological polar surface area (TPSA) is 54.4 Å². The molecular formula is C20H22ClFN2O2. The Balaban J connectivity index is 1.60. The number of hydrogen-bond donors (Lipinski definition) is 2. The van der Waals surface area contributed by atoms with Crippen LogP contribution in [0.15, 0.2) is 30.5 Å². The van der Waals surface area contributed by atoms with Crippen molar-refractivity contribution >= 4 is 11.6 Å². The first-order chi connectivity index (χ1) is 12.4. The Morgan fingerprint density at radius 3 is 3.08 bits per heavy atom. The second-order valence-electron chi connectivity index (χ2n) is 7.46. The molecule has 0 bridgehead atoms. The van der Waals surface area contributed by atoms with Crippen LogP contribution in [0.3, 0.4) is 0 Å². The Hall–Kier alpha value is -1.53. The predicted octanol–water partition coefficient (Wildman–Crippen LogP) is 3.30. The van der Waals surface area contributed by atoms with Crippen LogP contribution in [0, 0.1) is 5.82 Å². The molecule has 6 heteroatoms. The molecule has 2 aromatic rings. The molecule has 1 aromatic carbocycles. The van der Waals surface area contributed by atoms with Gasteiger partial charge in [-0.25, -0.2) is 4.39 Å². The van der Waals surface area contributed by atoms with E-state index in [0.717, 1.165) is 30.5 Å². The molecule has 2 heterocycles. The van der Waals surface area contributed by atoms with Crippen LogP contribution < -0.4 is 5.32 Å². The number of halogens is 2. The van der Waals surface area contributed by atoms with E-state index in [4.69, 9.17) is 16.3 Å². The van der Waals surface area contributed by atoms with Crippen molar-refractivity contribution in [2.24, 2.45) is 0 Å². The number of hydrogen-bond acceptors (Lipinski definition) is 4. The summed E-state index contributed by atoms with van der Waals surface area (Å²) in [5, 5.41) is 13.6. The van der Waals surface area contributed by atoms with Gasteiger partial charge in [0.25, 0.3) is 0 Å². The third-order valence-electron chi connectivity index (χ3n) is 5.38. The Bertz CT molecular complexity index is 831. The summed E-state index contributed by atoms with van der Waals surface area (Å²) in [4.78, 5) is 4.52. The van der Waals surface area contributed by atoms with Crippen LogP contribution in [0.1, 0.15) is 41.6 Å². The highest BCUT2D eigenvalue weighted by Gasteiger charge is 2.35. The normalized spacial score (nSPS) is 28.2. The van der Waals surface area contributed by atoms with Crippen molar-refractivity contribution in [3.05, 3.63) is 63.7 Å². The van der Waals surface area contributed by atoms with Crippen molar-refractivity contribution in [3.8, 4) is 0 Å². The van der Waals surface area contributed by atoms with E-state index in [1.807, 2.05) is 25.1 Å². The Morgan fingerprint density at radius 1 is 1.42 bits per heavy atom. The number of nitrogens with zero attached hydrogens (tertiary/aromatic N) is 1. The minimum atomic E-state index is -0.799. The molecule has 1 fully saturated rings. The molecule has 1 aromatic heterocycles. The number of ether oxygens (including phenoxy) is 1. The van der Waals surface area contributed by atoms with Gasteiger partial charge in [-0.2, -0.15) is 0 Å². The first-order valence-electron chi connectivity index (χ1n) is 8.91. The summed E-state index contributed by atoms with van der Waals surface area (Å²) >= 11 is 6.04. The van der Waals surface area contributed by atoms with Crippen LogP contribution in [0.25, 0.3) is 0 Å². The van der Waals surface area contributed by atoms with Gasteiger partial charge in [-0.1, -0.05) is 23.7 Å². The van der Waals surface area contributed by atoms with Crippen molar-refractivity contribution in [3.63, 3.8) is 0 Å². The number of aryl methyl sites for hydroxylation is 1. The summed E-state index contributed by atoms with van der Waals surface area (Å²) in [5.41, 5.74) is 3.13. The molecule has 1 aliphatic carbocycles. The fourth-order valence-corrected chi connectivity index (χ4v) is 4.29. The third-order valence-corrected chi connectivity index (χ3v) is 5.58. The highest BCUT2D eigenvalue weighted by Crippen LogP contribution is 2.36. The van der Waals surface area contributed by atoms with Crippen molar-refractivity contribution < 1.29 is 14.2 Å². The van der Waals surface area contributed by atoms with Gasteiger partial charge in [0.15, 0.2) is 0 Å². The average molecular weight is 377 g/mol. The standard InChI is InChI=1S/C20H22ClFN2O2/c1-20(11-26-10-18(25)24-20)16-7-12(2-5-17(16)22)6-13-3-4-14-8-15(21)9-23-19(13)14/h2,5,7-9,13,18,24-25H,3-4,6,10-11H2,1H3/t13?,18?,20-/m0/s1. The fraction of sp³-hybridized carbons (Fsp3) is 0.450. The maximum absolute atomic E-state index is 14.5. The predicted molar refractivity (Wildman–Crippen MR) is 97.7 cm³/mol. The highest BCUT2D eigenvalue weighted by molar-refractivity contribution is 6.30. The van der Waals surface area contributed by atoms with Gasteiger partial charge < -0.3 is 9.84 Å². The molecule has 4 rings (SSSR count). The molecule has 0 radical (unpaired) electrons. The number of fused-ring (bicyclic) bond motifs is 1. The van der Waals surface area contributed by atoms with Crippen molar-refractivity contribution in [2.75, 3.05) is 13.2 Å². The number of pyridine rings is 1. The zero-order valence-electron chi connectivity index (χ0n) is 14.6. The lowest BCUT2D eigenvalue weighted by molar-refractivity contribution is -0.0716. The molecule has 0 amide bonds. The Kier molecular flexibility index (Phi) is 4.73. The zero-order chi connectivity index (χ0) is 18.3. The van der Waals surface area contributed by atoms with E-state index in [0.29, 0.717) is 23.1 Å². The molecule has 26 heavy (non-hydrogen) atoms. The van der Waals surface area contributed by atoms with Crippen LogP contribution in [0.2, 0.25) is 5.02 Å². The summed E-state index contributed by atoms with van der Waals surface area (Å²) in [6.07, 6.45) is 3.69. The molecule has 2 N–H and O–H groups in total. The Morgan fingerprint density at radius 2 is 2.27 bits per heavy atom.